The van der Waals surface area contributed by atoms with Gasteiger partial charge in [0.05, 0.1) is 6.04 Å². The summed E-state index contributed by atoms with van der Waals surface area (Å²) < 4.78 is 2.63. The van der Waals surface area contributed by atoms with Crippen molar-refractivity contribution in [3.05, 3.63) is 162 Å². The molecule has 2 aliphatic carbocycles. The van der Waals surface area contributed by atoms with Crippen LogP contribution in [0.5, 0.6) is 0 Å². The second kappa shape index (κ2) is 11.6. The molecule has 2 aromatic heterocycles. The highest BCUT2D eigenvalue weighted by molar-refractivity contribution is 6.27. The van der Waals surface area contributed by atoms with Gasteiger partial charge in [0.25, 0.3) is 0 Å². The molecular formula is C50H42N2. The fourth-order valence-electron chi connectivity index (χ4n) is 9.16. The molecule has 0 radical (unpaired) electrons. The molecule has 2 nitrogen and oxygen atoms in total. The summed E-state index contributed by atoms with van der Waals surface area (Å²) in [6.07, 6.45) is 17.4. The summed E-state index contributed by atoms with van der Waals surface area (Å²) in [6, 6.07) is 39.5. The topological polar surface area (TPSA) is 17.8 Å². The van der Waals surface area contributed by atoms with E-state index in [1.165, 1.54) is 87.9 Å². The zero-order valence-corrected chi connectivity index (χ0v) is 30.3. The maximum Gasteiger partial charge on any atom is 0.0557 e. The largest absolute Gasteiger partial charge is 0.336 e. The average Bonchev–Trinajstić information content (AvgIpc) is 3.52. The second-order valence-electron chi connectivity index (χ2n) is 16.0. The van der Waals surface area contributed by atoms with Gasteiger partial charge in [-0.3, -0.25) is 4.98 Å². The van der Waals surface area contributed by atoms with Crippen LogP contribution in [0.3, 0.4) is 0 Å². The van der Waals surface area contributed by atoms with Gasteiger partial charge in [-0.2, -0.15) is 0 Å². The van der Waals surface area contributed by atoms with Crippen LogP contribution in [0.25, 0.3) is 77.1 Å². The van der Waals surface area contributed by atoms with Gasteiger partial charge in [0.15, 0.2) is 0 Å². The van der Waals surface area contributed by atoms with Gasteiger partial charge in [-0.25, -0.2) is 0 Å². The molecule has 2 heteroatoms. The van der Waals surface area contributed by atoms with E-state index < -0.39 is 0 Å². The van der Waals surface area contributed by atoms with E-state index in [-0.39, 0.29) is 5.41 Å². The number of benzene rings is 6. The number of aromatic nitrogens is 2. The molecular weight excluding hydrogens is 629 g/mol. The van der Waals surface area contributed by atoms with E-state index >= 15 is 0 Å². The Morgan fingerprint density at radius 3 is 2.15 bits per heavy atom. The minimum atomic E-state index is 0.0699. The SMILES string of the molecule is CC1CC(c2cc(-c3ccc(-c4cccnc4)cc3)c3ccc4cc(C(C)(C)C)cc5ccc2c3c54)=Cc2c1n(C1C=CC=CC1)c1ccccc21. The van der Waals surface area contributed by atoms with Gasteiger partial charge >= 0.3 is 0 Å². The molecule has 8 aromatic rings. The highest BCUT2D eigenvalue weighted by Gasteiger charge is 2.30. The third kappa shape index (κ3) is 4.81. The maximum atomic E-state index is 4.37. The van der Waals surface area contributed by atoms with Crippen LogP contribution >= 0.6 is 0 Å². The monoisotopic (exact) mass is 670 g/mol. The Hall–Kier alpha value is -5.73. The molecule has 0 aliphatic heterocycles. The van der Waals surface area contributed by atoms with Crippen molar-refractivity contribution in [2.24, 2.45) is 0 Å². The van der Waals surface area contributed by atoms with Gasteiger partial charge in [0, 0.05) is 40.5 Å². The number of para-hydroxylation sites is 1. The van der Waals surface area contributed by atoms with Crippen molar-refractivity contribution in [1.82, 2.24) is 9.55 Å². The summed E-state index contributed by atoms with van der Waals surface area (Å²) in [5, 5.41) is 9.40. The molecule has 0 amide bonds. The Morgan fingerprint density at radius 2 is 1.44 bits per heavy atom. The molecule has 52 heavy (non-hydrogen) atoms. The van der Waals surface area contributed by atoms with Gasteiger partial charge in [0.2, 0.25) is 0 Å². The van der Waals surface area contributed by atoms with E-state index in [4.69, 9.17) is 0 Å². The smallest absolute Gasteiger partial charge is 0.0557 e. The first kappa shape index (κ1) is 31.0. The highest BCUT2D eigenvalue weighted by Crippen LogP contribution is 2.49. The van der Waals surface area contributed by atoms with E-state index in [1.54, 1.807) is 0 Å². The lowest BCUT2D eigenvalue weighted by atomic mass is 9.79. The van der Waals surface area contributed by atoms with Crippen LogP contribution in [0.4, 0.5) is 0 Å². The van der Waals surface area contributed by atoms with E-state index in [2.05, 4.69) is 165 Å². The first-order valence-corrected chi connectivity index (χ1v) is 18.8. The van der Waals surface area contributed by atoms with E-state index in [1.807, 2.05) is 18.5 Å². The summed E-state index contributed by atoms with van der Waals surface area (Å²) in [7, 11) is 0. The van der Waals surface area contributed by atoms with Crippen molar-refractivity contribution in [2.75, 3.05) is 0 Å². The molecule has 0 saturated carbocycles. The molecule has 0 bridgehead atoms. The molecule has 10 rings (SSSR count). The number of nitrogens with zero attached hydrogens (tertiary/aromatic N) is 2. The Labute approximate surface area is 305 Å². The van der Waals surface area contributed by atoms with Crippen molar-refractivity contribution >= 4 is 54.9 Å². The quantitative estimate of drug-likeness (QED) is 0.170. The predicted molar refractivity (Wildman–Crippen MR) is 222 cm³/mol. The minimum Gasteiger partial charge on any atom is -0.336 e. The lowest BCUT2D eigenvalue weighted by Crippen LogP contribution is -2.15. The average molecular weight is 671 g/mol. The predicted octanol–water partition coefficient (Wildman–Crippen LogP) is 13.7. The van der Waals surface area contributed by atoms with E-state index in [9.17, 15) is 0 Å². The molecule has 0 spiro atoms. The Balaban J connectivity index is 1.24. The van der Waals surface area contributed by atoms with Crippen LogP contribution in [0.15, 0.2) is 140 Å². The van der Waals surface area contributed by atoms with Crippen molar-refractivity contribution in [3.63, 3.8) is 0 Å². The van der Waals surface area contributed by atoms with Crippen LogP contribution in [0, 0.1) is 0 Å². The van der Waals surface area contributed by atoms with Gasteiger partial charge < -0.3 is 4.57 Å². The number of hydrogen-bond donors (Lipinski definition) is 0. The zero-order valence-electron chi connectivity index (χ0n) is 30.3. The van der Waals surface area contributed by atoms with Gasteiger partial charge in [-0.1, -0.05) is 137 Å². The molecule has 0 fully saturated rings. The molecule has 2 unspecified atom stereocenters. The highest BCUT2D eigenvalue weighted by atomic mass is 15.0. The second-order valence-corrected chi connectivity index (χ2v) is 16.0. The summed E-state index contributed by atoms with van der Waals surface area (Å²) in [5.74, 6) is 0.372. The van der Waals surface area contributed by atoms with E-state index in [0.717, 1.165) is 18.4 Å². The molecule has 252 valence electrons. The summed E-state index contributed by atoms with van der Waals surface area (Å²) in [5.41, 5.74) is 13.2. The first-order valence-electron chi connectivity index (χ1n) is 18.8. The number of hydrogen-bond acceptors (Lipinski definition) is 1. The summed E-state index contributed by atoms with van der Waals surface area (Å²) in [6.45, 7) is 9.38. The Bertz CT molecular complexity index is 2750. The fourth-order valence-corrected chi connectivity index (χ4v) is 9.16. The number of rotatable bonds is 4. The van der Waals surface area contributed by atoms with Crippen molar-refractivity contribution in [2.45, 2.75) is 57.9 Å². The summed E-state index contributed by atoms with van der Waals surface area (Å²) >= 11 is 0. The van der Waals surface area contributed by atoms with Crippen molar-refractivity contribution < 1.29 is 0 Å². The van der Waals surface area contributed by atoms with Gasteiger partial charge in [-0.15, -0.1) is 0 Å². The lowest BCUT2D eigenvalue weighted by molar-refractivity contribution is 0.572. The van der Waals surface area contributed by atoms with Crippen molar-refractivity contribution in [3.8, 4) is 22.3 Å². The van der Waals surface area contributed by atoms with Crippen LogP contribution in [-0.2, 0) is 5.41 Å². The molecule has 0 N–H and O–H groups in total. The normalized spacial score (nSPS) is 17.4. The fraction of sp³-hybridized carbons (Fsp3) is 0.180. The Kier molecular flexibility index (Phi) is 6.95. The Morgan fingerprint density at radius 1 is 0.692 bits per heavy atom. The lowest BCUT2D eigenvalue weighted by Gasteiger charge is -2.28. The van der Waals surface area contributed by atoms with E-state index in [0.29, 0.717) is 12.0 Å². The number of pyridine rings is 1. The van der Waals surface area contributed by atoms with Crippen LogP contribution in [0.2, 0.25) is 0 Å². The van der Waals surface area contributed by atoms with Crippen molar-refractivity contribution in [1.29, 1.82) is 0 Å². The van der Waals surface area contributed by atoms with Crippen LogP contribution < -0.4 is 0 Å². The molecule has 2 aliphatic rings. The first-order chi connectivity index (χ1) is 25.3. The maximum absolute atomic E-state index is 4.37. The van der Waals surface area contributed by atoms with Gasteiger partial charge in [-0.05, 0) is 114 Å². The van der Waals surface area contributed by atoms with Crippen LogP contribution in [-0.4, -0.2) is 9.55 Å². The third-order valence-corrected chi connectivity index (χ3v) is 11.7. The molecule has 2 heterocycles. The zero-order chi connectivity index (χ0) is 35.1. The minimum absolute atomic E-state index is 0.0699. The molecule has 0 saturated heterocycles. The van der Waals surface area contributed by atoms with Crippen LogP contribution in [0.1, 0.15) is 74.9 Å². The molecule has 2 atom stereocenters. The van der Waals surface area contributed by atoms with Gasteiger partial charge in [0.1, 0.15) is 0 Å². The summed E-state index contributed by atoms with van der Waals surface area (Å²) in [4.78, 5) is 4.37. The molecule has 6 aromatic carbocycles. The third-order valence-electron chi connectivity index (χ3n) is 11.7. The standard InChI is InChI=1S/C50H42N2/c1-31-25-37(28-45-40-14-8-9-15-46(40)52(49(31)45)39-12-6-5-7-13-39)44-29-43(33-18-16-32(17-19-33)36-11-10-24-51-30-36)41-22-20-34-26-38(50(2,3)4)27-35-21-23-42(44)48(41)47(34)35/h5-12,14-24,26-31,39H,13,25H2,1-4H3. The number of fused-ring (bicyclic) bond motifs is 3. The number of allylic oxidation sites excluding steroid dienone is 5.